The Balaban J connectivity index is 1.92. The van der Waals surface area contributed by atoms with Crippen molar-refractivity contribution in [3.63, 3.8) is 0 Å². The highest BCUT2D eigenvalue weighted by molar-refractivity contribution is 6.45. The lowest BCUT2D eigenvalue weighted by molar-refractivity contribution is -0.134. The molecule has 0 fully saturated rings. The molecular weight excluding hydrogens is 338 g/mol. The van der Waals surface area contributed by atoms with Crippen LogP contribution in [-0.4, -0.2) is 11.8 Å². The van der Waals surface area contributed by atoms with Gasteiger partial charge in [0.2, 0.25) is 0 Å². The number of nitrogens with two attached hydrogens (primary N) is 1. The van der Waals surface area contributed by atoms with Gasteiger partial charge in [-0.15, -0.1) is 0 Å². The molecule has 27 heavy (non-hydrogen) atoms. The Kier molecular flexibility index (Phi) is 5.22. The fraction of sp³-hybridized carbons (Fsp3) is 0.0909. The predicted molar refractivity (Wildman–Crippen MR) is 109 cm³/mol. The molecule has 0 saturated heterocycles. The monoisotopic (exact) mass is 359 g/mol. The molecule has 3 N–H and O–H groups in total. The van der Waals surface area contributed by atoms with E-state index in [0.29, 0.717) is 22.7 Å². The number of rotatable bonds is 3. The molecule has 3 aromatic rings. The summed E-state index contributed by atoms with van der Waals surface area (Å²) in [6.45, 7) is 3.88. The van der Waals surface area contributed by atoms with Gasteiger partial charge in [0.05, 0.1) is 0 Å². The van der Waals surface area contributed by atoms with Crippen LogP contribution in [0.25, 0.3) is 0 Å². The van der Waals surface area contributed by atoms with E-state index in [1.54, 1.807) is 36.4 Å². The summed E-state index contributed by atoms with van der Waals surface area (Å²) in [4.78, 5) is 27.0. The molecule has 3 rings (SSSR count). The van der Waals surface area contributed by atoms with Crippen molar-refractivity contribution in [2.24, 2.45) is 0 Å². The lowest BCUT2D eigenvalue weighted by Gasteiger charge is -2.22. The van der Waals surface area contributed by atoms with E-state index in [4.69, 9.17) is 5.73 Å². The first-order valence-electron chi connectivity index (χ1n) is 8.58. The molecule has 0 aliphatic heterocycles. The van der Waals surface area contributed by atoms with Gasteiger partial charge in [-0.3, -0.25) is 14.5 Å². The Labute approximate surface area is 158 Å². The molecule has 0 aliphatic rings. The van der Waals surface area contributed by atoms with Gasteiger partial charge in [0.15, 0.2) is 0 Å². The quantitative estimate of drug-likeness (QED) is 0.544. The van der Waals surface area contributed by atoms with E-state index in [1.165, 1.54) is 4.90 Å². The minimum Gasteiger partial charge on any atom is -0.399 e. The summed E-state index contributed by atoms with van der Waals surface area (Å²) < 4.78 is 0. The summed E-state index contributed by atoms with van der Waals surface area (Å²) >= 11 is 0. The van der Waals surface area contributed by atoms with Crippen LogP contribution in [-0.2, 0) is 9.59 Å². The van der Waals surface area contributed by atoms with Gasteiger partial charge < -0.3 is 11.1 Å². The largest absolute Gasteiger partial charge is 0.399 e. The summed E-state index contributed by atoms with van der Waals surface area (Å²) in [5.41, 5.74) is 10.1. The molecule has 0 aliphatic carbocycles. The number of hydrogen-bond donors (Lipinski definition) is 2. The normalized spacial score (nSPS) is 10.3. The third kappa shape index (κ3) is 4.33. The topological polar surface area (TPSA) is 75.4 Å². The number of nitrogen functional groups attached to an aromatic ring is 1. The first-order chi connectivity index (χ1) is 12.9. The zero-order chi connectivity index (χ0) is 19.4. The van der Waals surface area contributed by atoms with Crippen molar-refractivity contribution in [1.82, 2.24) is 0 Å². The second-order valence-electron chi connectivity index (χ2n) is 6.40. The maximum atomic E-state index is 13.0. The maximum Gasteiger partial charge on any atom is 0.321 e. The number of aryl methyl sites for hydroxylation is 2. The average molecular weight is 359 g/mol. The second kappa shape index (κ2) is 7.74. The van der Waals surface area contributed by atoms with Gasteiger partial charge in [-0.1, -0.05) is 24.3 Å². The number of hydrogen-bond acceptors (Lipinski definition) is 3. The fourth-order valence-corrected chi connectivity index (χ4v) is 2.92. The summed E-state index contributed by atoms with van der Waals surface area (Å²) in [5.74, 6) is -1.38. The van der Waals surface area contributed by atoms with E-state index >= 15 is 0 Å². The first-order valence-corrected chi connectivity index (χ1v) is 8.58. The lowest BCUT2D eigenvalue weighted by Crippen LogP contribution is -2.36. The summed E-state index contributed by atoms with van der Waals surface area (Å²) in [5, 5.41) is 2.70. The molecule has 0 spiro atoms. The van der Waals surface area contributed by atoms with Crippen molar-refractivity contribution in [3.8, 4) is 0 Å². The fourth-order valence-electron chi connectivity index (χ4n) is 2.92. The van der Waals surface area contributed by atoms with Crippen molar-refractivity contribution < 1.29 is 9.59 Å². The van der Waals surface area contributed by atoms with Crippen LogP contribution in [0.4, 0.5) is 22.7 Å². The Hall–Kier alpha value is -3.60. The molecule has 0 bridgehead atoms. The van der Waals surface area contributed by atoms with Gasteiger partial charge in [-0.2, -0.15) is 0 Å². The molecule has 5 heteroatoms. The van der Waals surface area contributed by atoms with Crippen molar-refractivity contribution in [3.05, 3.63) is 83.9 Å². The molecule has 0 heterocycles. The zero-order valence-corrected chi connectivity index (χ0v) is 15.3. The molecule has 0 unspecified atom stereocenters. The van der Waals surface area contributed by atoms with Crippen molar-refractivity contribution in [1.29, 1.82) is 0 Å². The van der Waals surface area contributed by atoms with E-state index in [1.807, 2.05) is 50.2 Å². The molecule has 0 saturated carbocycles. The standard InChI is InChI=1S/C22H21N3O2/c1-15-12-16(2)14-18(13-15)24-21(26)22(27)25(19-6-4-3-5-7-19)20-10-8-17(23)9-11-20/h3-14H,23H2,1-2H3,(H,24,26). The van der Waals surface area contributed by atoms with Crippen LogP contribution in [0.15, 0.2) is 72.8 Å². The molecule has 0 aromatic heterocycles. The smallest absolute Gasteiger partial charge is 0.321 e. The molecular formula is C22H21N3O2. The van der Waals surface area contributed by atoms with Crippen LogP contribution >= 0.6 is 0 Å². The van der Waals surface area contributed by atoms with Gasteiger partial charge in [0, 0.05) is 22.7 Å². The molecule has 136 valence electrons. The minimum atomic E-state index is -0.708. The molecule has 0 atom stereocenters. The van der Waals surface area contributed by atoms with Crippen molar-refractivity contribution in [2.75, 3.05) is 16.0 Å². The predicted octanol–water partition coefficient (Wildman–Crippen LogP) is 4.19. The highest BCUT2D eigenvalue weighted by Gasteiger charge is 2.25. The molecule has 0 radical (unpaired) electrons. The Morgan fingerprint density at radius 2 is 1.37 bits per heavy atom. The number of para-hydroxylation sites is 1. The van der Waals surface area contributed by atoms with E-state index in [2.05, 4.69) is 5.32 Å². The second-order valence-corrected chi connectivity index (χ2v) is 6.40. The molecule has 3 aromatic carbocycles. The Bertz CT molecular complexity index is 946. The third-order valence-corrected chi connectivity index (χ3v) is 4.04. The number of carbonyl (C=O) groups excluding carboxylic acids is 2. The van der Waals surface area contributed by atoms with Crippen LogP contribution < -0.4 is 16.0 Å². The van der Waals surface area contributed by atoms with E-state index < -0.39 is 11.8 Å². The highest BCUT2D eigenvalue weighted by atomic mass is 16.2. The average Bonchev–Trinajstić information content (AvgIpc) is 2.63. The number of carbonyl (C=O) groups is 2. The SMILES string of the molecule is Cc1cc(C)cc(NC(=O)C(=O)N(c2ccccc2)c2ccc(N)cc2)c1. The molecule has 2 amide bonds. The van der Waals surface area contributed by atoms with Crippen LogP contribution in [0.3, 0.4) is 0 Å². The number of benzene rings is 3. The van der Waals surface area contributed by atoms with Gasteiger partial charge in [0.1, 0.15) is 0 Å². The number of nitrogens with one attached hydrogen (secondary N) is 1. The Morgan fingerprint density at radius 3 is 1.96 bits per heavy atom. The van der Waals surface area contributed by atoms with E-state index in [0.717, 1.165) is 11.1 Å². The van der Waals surface area contributed by atoms with Crippen LogP contribution in [0.1, 0.15) is 11.1 Å². The van der Waals surface area contributed by atoms with Gasteiger partial charge in [0.25, 0.3) is 0 Å². The van der Waals surface area contributed by atoms with Crippen LogP contribution in [0, 0.1) is 13.8 Å². The first kappa shape index (κ1) is 18.2. The van der Waals surface area contributed by atoms with E-state index in [-0.39, 0.29) is 0 Å². The maximum absolute atomic E-state index is 13.0. The molecule has 5 nitrogen and oxygen atoms in total. The van der Waals surface area contributed by atoms with Gasteiger partial charge >= 0.3 is 11.8 Å². The third-order valence-electron chi connectivity index (χ3n) is 4.04. The van der Waals surface area contributed by atoms with Crippen LogP contribution in [0.5, 0.6) is 0 Å². The van der Waals surface area contributed by atoms with E-state index in [9.17, 15) is 9.59 Å². The highest BCUT2D eigenvalue weighted by Crippen LogP contribution is 2.26. The summed E-state index contributed by atoms with van der Waals surface area (Å²) in [6, 6.07) is 21.5. The van der Waals surface area contributed by atoms with Crippen molar-refractivity contribution in [2.45, 2.75) is 13.8 Å². The zero-order valence-electron chi connectivity index (χ0n) is 15.3. The van der Waals surface area contributed by atoms with Gasteiger partial charge in [-0.25, -0.2) is 0 Å². The lowest BCUT2D eigenvalue weighted by atomic mass is 10.1. The summed E-state index contributed by atoms with van der Waals surface area (Å²) in [7, 11) is 0. The minimum absolute atomic E-state index is 0.566. The summed E-state index contributed by atoms with van der Waals surface area (Å²) in [6.07, 6.45) is 0. The van der Waals surface area contributed by atoms with Crippen molar-refractivity contribution >= 4 is 34.6 Å². The number of amides is 2. The number of nitrogens with zero attached hydrogens (tertiary/aromatic N) is 1. The number of anilines is 4. The van der Waals surface area contributed by atoms with Crippen LogP contribution in [0.2, 0.25) is 0 Å². The Morgan fingerprint density at radius 1 is 0.815 bits per heavy atom. The van der Waals surface area contributed by atoms with Gasteiger partial charge in [-0.05, 0) is 73.5 Å².